The number of ketones is 1. The average Bonchev–Trinajstić information content (AvgIpc) is 3.09. The molecule has 1 aromatic heterocycles. The van der Waals surface area contributed by atoms with Gasteiger partial charge in [-0.15, -0.1) is 0 Å². The molecule has 2 heterocycles. The molecular weight excluding hydrogens is 448 g/mol. The highest BCUT2D eigenvalue weighted by Crippen LogP contribution is 2.22. The molecule has 1 fully saturated rings. The molecular formula is C23H30N2O7S. The summed E-state index contributed by atoms with van der Waals surface area (Å²) in [4.78, 5) is 25.5. The summed E-state index contributed by atoms with van der Waals surface area (Å²) in [6.45, 7) is 7.28. The first kappa shape index (κ1) is 25.1. The van der Waals surface area contributed by atoms with Gasteiger partial charge < -0.3 is 18.8 Å². The van der Waals surface area contributed by atoms with Crippen LogP contribution in [-0.2, 0) is 30.8 Å². The molecule has 2 aromatic rings. The third-order valence-corrected chi connectivity index (χ3v) is 7.66. The van der Waals surface area contributed by atoms with Crippen molar-refractivity contribution in [3.05, 3.63) is 52.3 Å². The van der Waals surface area contributed by atoms with E-state index in [0.29, 0.717) is 37.5 Å². The topological polar surface area (TPSA) is 104 Å². The lowest BCUT2D eigenvalue weighted by molar-refractivity contribution is 0.0473. The third-order valence-electron chi connectivity index (χ3n) is 5.76. The molecule has 1 aliphatic heterocycles. The van der Waals surface area contributed by atoms with E-state index in [4.69, 9.17) is 14.2 Å². The molecule has 0 saturated carbocycles. The number of Topliss-reactive ketones (excluding diaryl/α,β-unsaturated/α-hetero) is 1. The quantitative estimate of drug-likeness (QED) is 0.402. The fraction of sp³-hybridized carbons (Fsp3) is 0.478. The lowest BCUT2D eigenvalue weighted by Gasteiger charge is -2.26. The second-order valence-corrected chi connectivity index (χ2v) is 9.86. The Hall–Kier alpha value is -2.53. The van der Waals surface area contributed by atoms with Crippen LogP contribution in [0.2, 0.25) is 0 Å². The van der Waals surface area contributed by atoms with Crippen molar-refractivity contribution in [2.75, 3.05) is 46.6 Å². The zero-order valence-corrected chi connectivity index (χ0v) is 20.2. The van der Waals surface area contributed by atoms with Gasteiger partial charge in [0.1, 0.15) is 0 Å². The maximum Gasteiger partial charge on any atom is 0.338 e. The largest absolute Gasteiger partial charge is 0.454 e. The summed E-state index contributed by atoms with van der Waals surface area (Å²) in [6, 6.07) is 6.11. The Bertz CT molecular complexity index is 1130. The number of hydrogen-bond acceptors (Lipinski definition) is 7. The lowest BCUT2D eigenvalue weighted by Crippen LogP contribution is -2.40. The van der Waals surface area contributed by atoms with Crippen molar-refractivity contribution in [2.45, 2.75) is 32.2 Å². The van der Waals surface area contributed by atoms with Gasteiger partial charge in [-0.05, 0) is 44.5 Å². The Kier molecular flexibility index (Phi) is 8.06. The number of methoxy groups -OCH3 is 1. The van der Waals surface area contributed by atoms with E-state index < -0.39 is 22.6 Å². The second kappa shape index (κ2) is 10.6. The van der Waals surface area contributed by atoms with Crippen LogP contribution in [0.1, 0.15) is 37.7 Å². The molecule has 0 amide bonds. The minimum absolute atomic E-state index is 0.00923. The van der Waals surface area contributed by atoms with E-state index in [-0.39, 0.29) is 29.3 Å². The number of aromatic nitrogens is 1. The molecule has 3 rings (SSSR count). The van der Waals surface area contributed by atoms with Crippen molar-refractivity contribution < 1.29 is 32.2 Å². The van der Waals surface area contributed by atoms with Crippen molar-refractivity contribution >= 4 is 21.8 Å². The molecule has 0 unspecified atom stereocenters. The lowest BCUT2D eigenvalue weighted by atomic mass is 10.1. The minimum atomic E-state index is -3.76. The van der Waals surface area contributed by atoms with Gasteiger partial charge >= 0.3 is 5.97 Å². The fourth-order valence-electron chi connectivity index (χ4n) is 3.81. The molecule has 33 heavy (non-hydrogen) atoms. The summed E-state index contributed by atoms with van der Waals surface area (Å²) in [6.07, 6.45) is 0. The van der Waals surface area contributed by atoms with Gasteiger partial charge in [-0.25, -0.2) is 13.2 Å². The van der Waals surface area contributed by atoms with Crippen LogP contribution in [0.3, 0.4) is 0 Å². The van der Waals surface area contributed by atoms with Crippen LogP contribution in [-0.4, -0.2) is 75.7 Å². The Labute approximate surface area is 194 Å². The number of morpholine rings is 1. The second-order valence-electron chi connectivity index (χ2n) is 7.92. The fourth-order valence-corrected chi connectivity index (χ4v) is 5.25. The Morgan fingerprint density at radius 2 is 1.76 bits per heavy atom. The molecule has 9 nitrogen and oxygen atoms in total. The molecule has 0 radical (unpaired) electrons. The zero-order valence-electron chi connectivity index (χ0n) is 19.4. The van der Waals surface area contributed by atoms with E-state index in [0.717, 1.165) is 11.4 Å². The predicted octanol–water partition coefficient (Wildman–Crippen LogP) is 2.12. The zero-order chi connectivity index (χ0) is 24.2. The van der Waals surface area contributed by atoms with Crippen LogP contribution in [0.25, 0.3) is 0 Å². The number of aryl methyl sites for hydroxylation is 2. The maximum atomic E-state index is 12.9. The SMILES string of the molecule is COCCn1c(C)cc(C(=O)COC(=O)c2cc(S(=O)(=O)N3CCOCC3)ccc2C)c1C. The van der Waals surface area contributed by atoms with E-state index in [1.807, 2.05) is 18.4 Å². The number of benzene rings is 1. The number of nitrogens with zero attached hydrogens (tertiary/aromatic N) is 2. The number of hydrogen-bond donors (Lipinski definition) is 0. The first-order chi connectivity index (χ1) is 15.7. The Morgan fingerprint density at radius 3 is 2.42 bits per heavy atom. The molecule has 1 saturated heterocycles. The van der Waals surface area contributed by atoms with E-state index in [1.165, 1.54) is 16.4 Å². The van der Waals surface area contributed by atoms with E-state index in [9.17, 15) is 18.0 Å². The van der Waals surface area contributed by atoms with Crippen LogP contribution in [0.15, 0.2) is 29.2 Å². The van der Waals surface area contributed by atoms with Gasteiger partial charge in [0.15, 0.2) is 6.61 Å². The Balaban J connectivity index is 1.73. The molecule has 0 atom stereocenters. The van der Waals surface area contributed by atoms with Crippen molar-refractivity contribution in [1.82, 2.24) is 8.87 Å². The van der Waals surface area contributed by atoms with Gasteiger partial charge in [0.2, 0.25) is 15.8 Å². The molecule has 0 bridgehead atoms. The minimum Gasteiger partial charge on any atom is -0.454 e. The van der Waals surface area contributed by atoms with Crippen molar-refractivity contribution in [2.24, 2.45) is 0 Å². The first-order valence-electron chi connectivity index (χ1n) is 10.7. The summed E-state index contributed by atoms with van der Waals surface area (Å²) in [5, 5.41) is 0. The first-order valence-corrected chi connectivity index (χ1v) is 12.2. The van der Waals surface area contributed by atoms with Gasteiger partial charge in [-0.3, -0.25) is 4.79 Å². The third kappa shape index (κ3) is 5.52. The van der Waals surface area contributed by atoms with Crippen LogP contribution in [0.4, 0.5) is 0 Å². The Morgan fingerprint density at radius 1 is 1.06 bits per heavy atom. The number of ether oxygens (including phenoxy) is 3. The van der Waals surface area contributed by atoms with Crippen molar-refractivity contribution in [1.29, 1.82) is 0 Å². The van der Waals surface area contributed by atoms with Gasteiger partial charge in [0.25, 0.3) is 0 Å². The summed E-state index contributed by atoms with van der Waals surface area (Å²) in [5.41, 5.74) is 2.85. The monoisotopic (exact) mass is 478 g/mol. The van der Waals surface area contributed by atoms with Crippen LogP contribution < -0.4 is 0 Å². The van der Waals surface area contributed by atoms with Crippen LogP contribution in [0.5, 0.6) is 0 Å². The summed E-state index contributed by atoms with van der Waals surface area (Å²) < 4.78 is 44.8. The predicted molar refractivity (Wildman–Crippen MR) is 121 cm³/mol. The number of carbonyl (C=O) groups excluding carboxylic acids is 2. The van der Waals surface area contributed by atoms with Gasteiger partial charge in [0.05, 0.1) is 30.3 Å². The molecule has 0 spiro atoms. The summed E-state index contributed by atoms with van der Waals surface area (Å²) in [5.74, 6) is -1.07. The normalized spacial score (nSPS) is 14.9. The van der Waals surface area contributed by atoms with Gasteiger partial charge in [-0.1, -0.05) is 6.07 Å². The summed E-state index contributed by atoms with van der Waals surface area (Å²) in [7, 11) is -2.14. The van der Waals surface area contributed by atoms with Crippen molar-refractivity contribution in [3.63, 3.8) is 0 Å². The average molecular weight is 479 g/mol. The smallest absolute Gasteiger partial charge is 0.338 e. The van der Waals surface area contributed by atoms with Crippen molar-refractivity contribution in [3.8, 4) is 0 Å². The standard InChI is InChI=1S/C23H30N2O7S/c1-16-5-6-19(33(28,29)24-7-11-31-12-8-24)14-20(16)23(27)32-15-22(26)21-13-17(2)25(18(21)3)9-10-30-4/h5-6,13-14H,7-12,15H2,1-4H3. The van der Waals surface area contributed by atoms with Gasteiger partial charge in [0, 0.05) is 43.7 Å². The molecule has 1 aromatic carbocycles. The number of carbonyl (C=O) groups is 2. The molecule has 10 heteroatoms. The molecule has 180 valence electrons. The molecule has 1 aliphatic rings. The number of rotatable bonds is 9. The van der Waals surface area contributed by atoms with E-state index in [2.05, 4.69) is 0 Å². The highest BCUT2D eigenvalue weighted by molar-refractivity contribution is 7.89. The number of esters is 1. The van der Waals surface area contributed by atoms with E-state index >= 15 is 0 Å². The highest BCUT2D eigenvalue weighted by Gasteiger charge is 2.28. The molecule has 0 aliphatic carbocycles. The highest BCUT2D eigenvalue weighted by atomic mass is 32.2. The maximum absolute atomic E-state index is 12.9. The summed E-state index contributed by atoms with van der Waals surface area (Å²) >= 11 is 0. The number of sulfonamides is 1. The van der Waals surface area contributed by atoms with E-state index in [1.54, 1.807) is 26.2 Å². The molecule has 0 N–H and O–H groups in total. The van der Waals surface area contributed by atoms with Gasteiger partial charge in [-0.2, -0.15) is 4.31 Å². The van der Waals surface area contributed by atoms with Crippen LogP contribution in [0, 0.1) is 20.8 Å². The van der Waals surface area contributed by atoms with Crippen LogP contribution >= 0.6 is 0 Å².